The summed E-state index contributed by atoms with van der Waals surface area (Å²) in [6.45, 7) is 0.516. The van der Waals surface area contributed by atoms with Crippen molar-refractivity contribution in [1.29, 1.82) is 0 Å². The highest BCUT2D eigenvalue weighted by Crippen LogP contribution is 2.34. The van der Waals surface area contributed by atoms with E-state index in [1.165, 1.54) is 27.8 Å². The average molecular weight is 542 g/mol. The fourth-order valence-electron chi connectivity index (χ4n) is 4.96. The highest BCUT2D eigenvalue weighted by atomic mass is 35.5. The van der Waals surface area contributed by atoms with E-state index < -0.39 is 15.9 Å². The predicted octanol–water partition coefficient (Wildman–Crippen LogP) is 4.66. The first-order valence-electron chi connectivity index (χ1n) is 11.9. The van der Waals surface area contributed by atoms with Crippen molar-refractivity contribution in [3.05, 3.63) is 64.8 Å². The van der Waals surface area contributed by atoms with Crippen LogP contribution in [-0.2, 0) is 27.7 Å². The first-order chi connectivity index (χ1) is 17.4. The molecular formula is C25H24ClN5O3S2. The summed E-state index contributed by atoms with van der Waals surface area (Å²) in [4.78, 5) is 18.4. The number of rotatable bonds is 5. The van der Waals surface area contributed by atoms with Gasteiger partial charge in [0.15, 0.2) is 0 Å². The lowest BCUT2D eigenvalue weighted by Crippen LogP contribution is -2.43. The maximum Gasteiger partial charge on any atom is 0.243 e. The average Bonchev–Trinajstić information content (AvgIpc) is 3.60. The molecule has 0 spiro atoms. The Bertz CT molecular complexity index is 1530. The first kappa shape index (κ1) is 23.6. The van der Waals surface area contributed by atoms with Gasteiger partial charge in [-0.1, -0.05) is 35.1 Å². The second-order valence-electron chi connectivity index (χ2n) is 9.15. The third-order valence-electron chi connectivity index (χ3n) is 6.82. The number of halogens is 1. The van der Waals surface area contributed by atoms with Gasteiger partial charge in [-0.15, -0.1) is 0 Å². The number of aromatic nitrogens is 3. The third kappa shape index (κ3) is 4.21. The quantitative estimate of drug-likeness (QED) is 0.396. The van der Waals surface area contributed by atoms with Crippen LogP contribution in [0.1, 0.15) is 30.5 Å². The minimum Gasteiger partial charge on any atom is -0.310 e. The molecule has 1 N–H and O–H groups in total. The molecule has 0 radical (unpaired) electrons. The molecule has 1 unspecified atom stereocenters. The van der Waals surface area contributed by atoms with Crippen LogP contribution in [0.15, 0.2) is 53.4 Å². The van der Waals surface area contributed by atoms with Crippen LogP contribution in [0.3, 0.4) is 0 Å². The van der Waals surface area contributed by atoms with Crippen molar-refractivity contribution in [3.63, 3.8) is 0 Å². The van der Waals surface area contributed by atoms with Gasteiger partial charge in [0.25, 0.3) is 0 Å². The molecule has 11 heteroatoms. The molecule has 0 saturated carbocycles. The summed E-state index contributed by atoms with van der Waals surface area (Å²) in [5, 5.41) is 9.08. The molecule has 8 nitrogen and oxygen atoms in total. The zero-order valence-electron chi connectivity index (χ0n) is 19.4. The summed E-state index contributed by atoms with van der Waals surface area (Å²) in [6, 6.07) is 14.0. The number of amides is 1. The second-order valence-corrected chi connectivity index (χ2v) is 12.5. The number of fused-ring (bicyclic) bond motifs is 2. The minimum atomic E-state index is -3.71. The predicted molar refractivity (Wildman–Crippen MR) is 140 cm³/mol. The van der Waals surface area contributed by atoms with Crippen LogP contribution in [0.5, 0.6) is 0 Å². The summed E-state index contributed by atoms with van der Waals surface area (Å²) in [6.07, 6.45) is 3.94. The van der Waals surface area contributed by atoms with E-state index in [1.807, 2.05) is 24.3 Å². The van der Waals surface area contributed by atoms with Crippen LogP contribution in [0.25, 0.3) is 15.3 Å². The van der Waals surface area contributed by atoms with Gasteiger partial charge in [0.1, 0.15) is 5.82 Å². The number of nitrogens with zero attached hydrogens (tertiary/aromatic N) is 4. The summed E-state index contributed by atoms with van der Waals surface area (Å²) in [5.41, 5.74) is 2.92. The molecule has 1 fully saturated rings. The van der Waals surface area contributed by atoms with Gasteiger partial charge in [-0.05, 0) is 68.5 Å². The van der Waals surface area contributed by atoms with Gasteiger partial charge in [-0.3, -0.25) is 4.79 Å². The Hall–Kier alpha value is -2.79. The highest BCUT2D eigenvalue weighted by molar-refractivity contribution is 7.89. The molecule has 1 aliphatic carbocycles. The van der Waals surface area contributed by atoms with Gasteiger partial charge in [0, 0.05) is 23.7 Å². The Kier molecular flexibility index (Phi) is 6.07. The molecule has 2 aromatic carbocycles. The monoisotopic (exact) mass is 541 g/mol. The maximum absolute atomic E-state index is 13.5. The normalized spacial score (nSPS) is 18.4. The summed E-state index contributed by atoms with van der Waals surface area (Å²) < 4.78 is 30.6. The standard InChI is InChI=1S/C25H24ClN5O3S2/c26-17-10-12-18(13-11-17)36(33,34)30-14-4-5-16(15-30)24(32)28-23-19-6-3-8-20(19)29-31(23)25-27-21-7-1-2-9-22(21)35-25/h1-2,7,9-13,16H,3-6,8,14-15H2,(H,28,32). The molecule has 1 saturated heterocycles. The van der Waals surface area contributed by atoms with Crippen LogP contribution in [-0.4, -0.2) is 46.5 Å². The third-order valence-corrected chi connectivity index (χ3v) is 9.96. The fraction of sp³-hybridized carbons (Fsp3) is 0.320. The van der Waals surface area contributed by atoms with E-state index in [4.69, 9.17) is 21.7 Å². The Balaban J connectivity index is 1.26. The summed E-state index contributed by atoms with van der Waals surface area (Å²) >= 11 is 7.46. The number of aryl methyl sites for hydroxylation is 1. The van der Waals surface area contributed by atoms with Crippen molar-refractivity contribution in [1.82, 2.24) is 19.1 Å². The van der Waals surface area contributed by atoms with E-state index in [2.05, 4.69) is 5.32 Å². The number of carbonyl (C=O) groups excluding carboxylic acids is 1. The highest BCUT2D eigenvalue weighted by Gasteiger charge is 2.35. The lowest BCUT2D eigenvalue weighted by atomic mass is 9.99. The van der Waals surface area contributed by atoms with Crippen molar-refractivity contribution in [2.75, 3.05) is 18.4 Å². The minimum absolute atomic E-state index is 0.133. The molecule has 1 amide bonds. The number of sulfonamides is 1. The number of carbonyl (C=O) groups is 1. The van der Waals surface area contributed by atoms with Crippen molar-refractivity contribution >= 4 is 54.9 Å². The van der Waals surface area contributed by atoms with E-state index >= 15 is 0 Å². The van der Waals surface area contributed by atoms with Crippen LogP contribution < -0.4 is 5.32 Å². The van der Waals surface area contributed by atoms with Gasteiger partial charge >= 0.3 is 0 Å². The molecular weight excluding hydrogens is 518 g/mol. The summed E-state index contributed by atoms with van der Waals surface area (Å²) in [7, 11) is -3.71. The SMILES string of the molecule is O=C(Nc1c2c(nn1-c1nc3ccccc3s1)CCC2)C1CCCN(S(=O)(=O)c2ccc(Cl)cc2)C1. The van der Waals surface area contributed by atoms with Gasteiger partial charge in [-0.25, -0.2) is 13.4 Å². The molecule has 6 rings (SSSR count). The lowest BCUT2D eigenvalue weighted by molar-refractivity contribution is -0.120. The smallest absolute Gasteiger partial charge is 0.243 e. The van der Waals surface area contributed by atoms with Gasteiger partial charge in [0.05, 0.1) is 26.7 Å². The van der Waals surface area contributed by atoms with E-state index in [0.717, 1.165) is 40.7 Å². The first-order valence-corrected chi connectivity index (χ1v) is 14.6. The van der Waals surface area contributed by atoms with Crippen LogP contribution in [0.4, 0.5) is 5.82 Å². The number of anilines is 1. The molecule has 1 aliphatic heterocycles. The van der Waals surface area contributed by atoms with Crippen molar-refractivity contribution in [3.8, 4) is 5.13 Å². The number of thiazole rings is 1. The van der Waals surface area contributed by atoms with E-state index in [0.29, 0.717) is 35.4 Å². The van der Waals surface area contributed by atoms with E-state index in [9.17, 15) is 13.2 Å². The van der Waals surface area contributed by atoms with Gasteiger partial charge in [-0.2, -0.15) is 14.1 Å². The molecule has 0 bridgehead atoms. The molecule has 4 aromatic rings. The Morgan fingerprint density at radius 2 is 1.89 bits per heavy atom. The van der Waals surface area contributed by atoms with Crippen molar-refractivity contribution in [2.45, 2.75) is 37.0 Å². The number of para-hydroxylation sites is 1. The zero-order valence-corrected chi connectivity index (χ0v) is 21.7. The number of hydrogen-bond donors (Lipinski definition) is 1. The zero-order chi connectivity index (χ0) is 24.9. The molecule has 186 valence electrons. The largest absolute Gasteiger partial charge is 0.310 e. The van der Waals surface area contributed by atoms with E-state index in [-0.39, 0.29) is 17.3 Å². The topological polar surface area (TPSA) is 97.2 Å². The summed E-state index contributed by atoms with van der Waals surface area (Å²) in [5.74, 6) is 0.00352. The van der Waals surface area contributed by atoms with Crippen molar-refractivity contribution < 1.29 is 13.2 Å². The molecule has 3 heterocycles. The number of benzene rings is 2. The Morgan fingerprint density at radius 3 is 2.69 bits per heavy atom. The van der Waals surface area contributed by atoms with E-state index in [1.54, 1.807) is 16.8 Å². The van der Waals surface area contributed by atoms with Gasteiger partial charge in [0.2, 0.25) is 21.1 Å². The van der Waals surface area contributed by atoms with Crippen LogP contribution in [0.2, 0.25) is 5.02 Å². The lowest BCUT2D eigenvalue weighted by Gasteiger charge is -2.31. The van der Waals surface area contributed by atoms with Crippen LogP contribution >= 0.6 is 22.9 Å². The van der Waals surface area contributed by atoms with Crippen LogP contribution in [0, 0.1) is 5.92 Å². The molecule has 2 aromatic heterocycles. The fourth-order valence-corrected chi connectivity index (χ4v) is 7.53. The number of nitrogens with one attached hydrogen (secondary N) is 1. The maximum atomic E-state index is 13.5. The molecule has 2 aliphatic rings. The Morgan fingerprint density at radius 1 is 1.08 bits per heavy atom. The Labute approximate surface area is 218 Å². The number of piperidine rings is 1. The second kappa shape index (κ2) is 9.26. The molecule has 36 heavy (non-hydrogen) atoms. The molecule has 1 atom stereocenters. The van der Waals surface area contributed by atoms with Gasteiger partial charge < -0.3 is 5.32 Å². The van der Waals surface area contributed by atoms with Crippen molar-refractivity contribution in [2.24, 2.45) is 5.92 Å². The number of hydrogen-bond acceptors (Lipinski definition) is 6.